The summed E-state index contributed by atoms with van der Waals surface area (Å²) in [5.41, 5.74) is 1.88. The minimum atomic E-state index is -0.470. The molecule has 0 aliphatic carbocycles. The monoisotopic (exact) mass is 317 g/mol. The summed E-state index contributed by atoms with van der Waals surface area (Å²) in [7, 11) is 2.14. The molecule has 1 fully saturated rings. The smallest absolute Gasteiger partial charge is 0.413 e. The molecule has 1 aliphatic heterocycles. The number of likely N-dealkylation sites (N-methyl/N-ethyl adjacent to an activating group) is 1. The highest BCUT2D eigenvalue weighted by atomic mass is 16.5. The molecule has 124 valence electrons. The second kappa shape index (κ2) is 6.97. The molecule has 1 amide bonds. The Morgan fingerprint density at radius 2 is 2.00 bits per heavy atom. The summed E-state index contributed by atoms with van der Waals surface area (Å²) in [4.78, 5) is 21.0. The number of hydrogen-bond donors (Lipinski definition) is 1. The molecule has 1 aromatic heterocycles. The highest BCUT2D eigenvalue weighted by molar-refractivity contribution is 5.86. The van der Waals surface area contributed by atoms with Crippen molar-refractivity contribution in [2.75, 3.05) is 45.2 Å². The van der Waals surface area contributed by atoms with Crippen LogP contribution < -0.4 is 5.32 Å². The molecule has 0 spiro atoms. The number of piperazine rings is 1. The lowest BCUT2D eigenvalue weighted by molar-refractivity contribution is 0.127. The maximum absolute atomic E-state index is 11.8. The first-order valence-electron chi connectivity index (χ1n) is 7.97. The number of rotatable bonds is 4. The van der Waals surface area contributed by atoms with Gasteiger partial charge in [0.1, 0.15) is 0 Å². The third kappa shape index (κ3) is 3.62. The first-order valence-corrected chi connectivity index (χ1v) is 7.97. The molecule has 1 saturated heterocycles. The number of amides is 1. The van der Waals surface area contributed by atoms with Crippen LogP contribution in [0.2, 0.25) is 0 Å². The molecule has 0 unspecified atom stereocenters. The van der Waals surface area contributed by atoms with E-state index >= 15 is 0 Å². The zero-order valence-electron chi connectivity index (χ0n) is 13.7. The highest BCUT2D eigenvalue weighted by Crippen LogP contribution is 2.20. The predicted octanol–water partition coefficient (Wildman–Crippen LogP) is 1.81. The van der Waals surface area contributed by atoms with Gasteiger partial charge in [0.25, 0.3) is 0 Å². The van der Waals surface area contributed by atoms with Gasteiger partial charge in [0, 0.05) is 26.2 Å². The first-order chi connectivity index (χ1) is 11.2. The Bertz CT molecular complexity index is 676. The molecule has 23 heavy (non-hydrogen) atoms. The number of carbonyl (C=O) groups excluding carboxylic acids is 1. The van der Waals surface area contributed by atoms with E-state index in [1.54, 1.807) is 6.92 Å². The highest BCUT2D eigenvalue weighted by Gasteiger charge is 2.18. The molecule has 0 radical (unpaired) electrons. The number of nitrogens with zero attached hydrogens (tertiary/aromatic N) is 4. The fourth-order valence-electron chi connectivity index (χ4n) is 2.76. The van der Waals surface area contributed by atoms with E-state index in [0.717, 1.165) is 37.2 Å². The molecule has 1 aromatic carbocycles. The largest absolute Gasteiger partial charge is 0.450 e. The Morgan fingerprint density at radius 3 is 2.74 bits per heavy atom. The molecule has 2 aromatic rings. The van der Waals surface area contributed by atoms with Crippen LogP contribution >= 0.6 is 0 Å². The average molecular weight is 317 g/mol. The lowest BCUT2D eigenvalue weighted by Gasteiger charge is -2.32. The summed E-state index contributed by atoms with van der Waals surface area (Å²) in [6.45, 7) is 6.93. The van der Waals surface area contributed by atoms with Crippen LogP contribution in [0.3, 0.4) is 0 Å². The topological polar surface area (TPSA) is 62.6 Å². The van der Waals surface area contributed by atoms with Crippen LogP contribution in [0.5, 0.6) is 0 Å². The van der Waals surface area contributed by atoms with Crippen LogP contribution in [0.4, 0.5) is 10.7 Å². The number of ether oxygens (including phenoxy) is 1. The van der Waals surface area contributed by atoms with Gasteiger partial charge in [-0.3, -0.25) is 14.8 Å². The number of benzene rings is 1. The minimum absolute atomic E-state index is 0.338. The van der Waals surface area contributed by atoms with Crippen LogP contribution in [0.1, 0.15) is 6.92 Å². The molecular formula is C16H23N5O2. The van der Waals surface area contributed by atoms with Gasteiger partial charge in [-0.2, -0.15) is 0 Å². The Labute approximate surface area is 135 Å². The molecular weight excluding hydrogens is 294 g/mol. The van der Waals surface area contributed by atoms with Crippen molar-refractivity contribution >= 4 is 23.1 Å². The van der Waals surface area contributed by atoms with Crippen LogP contribution in [-0.2, 0) is 11.4 Å². The maximum atomic E-state index is 11.8. The number of carbonyl (C=O) groups is 1. The standard InChI is InChI=1S/C16H23N5O2/c1-3-23-16(22)18-15-17-13-6-4-5-7-14(13)21(15)12-20-10-8-19(2)9-11-20/h4-7H,3,8-12H2,1-2H3,(H,17,18,22). The van der Waals surface area contributed by atoms with Gasteiger partial charge in [0.15, 0.2) is 0 Å². The lowest BCUT2D eigenvalue weighted by Crippen LogP contribution is -2.45. The molecule has 3 rings (SSSR count). The van der Waals surface area contributed by atoms with Crippen LogP contribution in [0.25, 0.3) is 11.0 Å². The van der Waals surface area contributed by atoms with Gasteiger partial charge in [-0.15, -0.1) is 0 Å². The molecule has 1 aliphatic rings. The van der Waals surface area contributed by atoms with Gasteiger partial charge < -0.3 is 9.64 Å². The maximum Gasteiger partial charge on any atom is 0.413 e. The van der Waals surface area contributed by atoms with Gasteiger partial charge in [-0.25, -0.2) is 9.78 Å². The van der Waals surface area contributed by atoms with Gasteiger partial charge in [-0.05, 0) is 26.1 Å². The minimum Gasteiger partial charge on any atom is -0.450 e. The second-order valence-corrected chi connectivity index (χ2v) is 5.76. The summed E-state index contributed by atoms with van der Waals surface area (Å²) >= 11 is 0. The van der Waals surface area contributed by atoms with Crippen molar-refractivity contribution in [1.29, 1.82) is 0 Å². The predicted molar refractivity (Wildman–Crippen MR) is 89.4 cm³/mol. The zero-order valence-corrected chi connectivity index (χ0v) is 13.7. The first kappa shape index (κ1) is 15.8. The summed E-state index contributed by atoms with van der Waals surface area (Å²) in [6.07, 6.45) is -0.470. The summed E-state index contributed by atoms with van der Waals surface area (Å²) in [5, 5.41) is 2.75. The van der Waals surface area contributed by atoms with E-state index in [1.807, 2.05) is 28.8 Å². The number of imidazole rings is 1. The third-order valence-corrected chi connectivity index (χ3v) is 4.08. The van der Waals surface area contributed by atoms with E-state index in [4.69, 9.17) is 4.74 Å². The van der Waals surface area contributed by atoms with Crippen LogP contribution in [-0.4, -0.2) is 65.3 Å². The zero-order chi connectivity index (χ0) is 16.2. The Balaban J connectivity index is 1.85. The van der Waals surface area contributed by atoms with Crippen molar-refractivity contribution in [3.8, 4) is 0 Å². The summed E-state index contributed by atoms with van der Waals surface area (Å²) in [6, 6.07) is 7.91. The van der Waals surface area contributed by atoms with Crippen molar-refractivity contribution in [2.24, 2.45) is 0 Å². The van der Waals surface area contributed by atoms with E-state index in [9.17, 15) is 4.79 Å². The van der Waals surface area contributed by atoms with E-state index in [-0.39, 0.29) is 0 Å². The summed E-state index contributed by atoms with van der Waals surface area (Å²) in [5.74, 6) is 0.531. The number of aromatic nitrogens is 2. The molecule has 2 heterocycles. The van der Waals surface area contributed by atoms with Crippen molar-refractivity contribution in [3.05, 3.63) is 24.3 Å². The van der Waals surface area contributed by atoms with Crippen molar-refractivity contribution in [1.82, 2.24) is 19.4 Å². The third-order valence-electron chi connectivity index (χ3n) is 4.08. The number of anilines is 1. The van der Waals surface area contributed by atoms with Gasteiger partial charge in [0.2, 0.25) is 5.95 Å². The fourth-order valence-corrected chi connectivity index (χ4v) is 2.76. The normalized spacial score (nSPS) is 16.6. The van der Waals surface area contributed by atoms with E-state index < -0.39 is 6.09 Å². The average Bonchev–Trinajstić information content (AvgIpc) is 2.87. The Hall–Kier alpha value is -2.12. The van der Waals surface area contributed by atoms with Crippen molar-refractivity contribution < 1.29 is 9.53 Å². The number of fused-ring (bicyclic) bond motifs is 1. The van der Waals surface area contributed by atoms with E-state index in [0.29, 0.717) is 19.2 Å². The molecule has 7 heteroatoms. The van der Waals surface area contributed by atoms with Crippen molar-refractivity contribution in [3.63, 3.8) is 0 Å². The van der Waals surface area contributed by atoms with Gasteiger partial charge in [-0.1, -0.05) is 12.1 Å². The Kier molecular flexibility index (Phi) is 4.78. The van der Waals surface area contributed by atoms with E-state index in [1.165, 1.54) is 0 Å². The van der Waals surface area contributed by atoms with E-state index in [2.05, 4.69) is 27.1 Å². The molecule has 1 N–H and O–H groups in total. The molecule has 7 nitrogen and oxygen atoms in total. The van der Waals surface area contributed by atoms with Crippen LogP contribution in [0, 0.1) is 0 Å². The molecule has 0 atom stereocenters. The quantitative estimate of drug-likeness (QED) is 0.932. The summed E-state index contributed by atoms with van der Waals surface area (Å²) < 4.78 is 7.02. The number of hydrogen-bond acceptors (Lipinski definition) is 5. The Morgan fingerprint density at radius 1 is 1.26 bits per heavy atom. The fraction of sp³-hybridized carbons (Fsp3) is 0.500. The van der Waals surface area contributed by atoms with Gasteiger partial charge in [0.05, 0.1) is 24.3 Å². The lowest BCUT2D eigenvalue weighted by atomic mass is 10.3. The molecule has 0 bridgehead atoms. The van der Waals surface area contributed by atoms with Crippen molar-refractivity contribution in [2.45, 2.75) is 13.6 Å². The second-order valence-electron chi connectivity index (χ2n) is 5.76. The SMILES string of the molecule is CCOC(=O)Nc1nc2ccccc2n1CN1CCN(C)CC1. The molecule has 0 saturated carbocycles. The van der Waals surface area contributed by atoms with Gasteiger partial charge >= 0.3 is 6.09 Å². The number of nitrogens with one attached hydrogen (secondary N) is 1. The van der Waals surface area contributed by atoms with Crippen LogP contribution in [0.15, 0.2) is 24.3 Å². The number of para-hydroxylation sites is 2.